The van der Waals surface area contributed by atoms with Crippen molar-refractivity contribution in [1.29, 1.82) is 5.26 Å². The maximum atomic E-state index is 14.1. The van der Waals surface area contributed by atoms with Gasteiger partial charge in [-0.2, -0.15) is 18.4 Å². The van der Waals surface area contributed by atoms with Gasteiger partial charge in [-0.1, -0.05) is 50.2 Å². The van der Waals surface area contributed by atoms with E-state index in [4.69, 9.17) is 4.74 Å². The van der Waals surface area contributed by atoms with Crippen LogP contribution in [0.2, 0.25) is 0 Å². The van der Waals surface area contributed by atoms with Crippen molar-refractivity contribution in [1.82, 2.24) is 9.97 Å². The monoisotopic (exact) mass is 491 g/mol. The molecule has 4 rings (SSSR count). The van der Waals surface area contributed by atoms with Crippen LogP contribution in [0.5, 0.6) is 5.75 Å². The molecule has 0 fully saturated rings. The van der Waals surface area contributed by atoms with E-state index in [1.807, 2.05) is 36.4 Å². The molecule has 0 aliphatic rings. The number of ether oxygens (including phenoxy) is 1. The highest BCUT2D eigenvalue weighted by molar-refractivity contribution is 5.91. The number of aliphatic hydroxyl groups is 1. The van der Waals surface area contributed by atoms with Gasteiger partial charge in [-0.25, -0.2) is 9.97 Å². The minimum absolute atomic E-state index is 0.0102. The van der Waals surface area contributed by atoms with Crippen molar-refractivity contribution in [3.63, 3.8) is 0 Å². The van der Waals surface area contributed by atoms with Gasteiger partial charge in [0.15, 0.2) is 5.69 Å². The Balaban J connectivity index is 1.92. The normalized spacial score (nSPS) is 11.9. The summed E-state index contributed by atoms with van der Waals surface area (Å²) in [5.41, 5.74) is 0.588. The second-order valence-electron chi connectivity index (χ2n) is 9.20. The van der Waals surface area contributed by atoms with E-state index in [2.05, 4.69) is 9.97 Å². The number of aliphatic hydroxyl groups excluding tert-OH is 1. The van der Waals surface area contributed by atoms with Crippen LogP contribution in [0.3, 0.4) is 0 Å². The molecular weight excluding hydrogens is 467 g/mol. The number of alkyl halides is 3. The molecule has 36 heavy (non-hydrogen) atoms. The Morgan fingerprint density at radius 2 is 1.75 bits per heavy atom. The number of aryl methyl sites for hydroxylation is 1. The zero-order valence-corrected chi connectivity index (χ0v) is 20.0. The first kappa shape index (κ1) is 25.1. The number of aromatic nitrogens is 2. The Morgan fingerprint density at radius 3 is 2.39 bits per heavy atom. The fourth-order valence-corrected chi connectivity index (χ4v) is 4.08. The number of fused-ring (bicyclic) bond motifs is 1. The average molecular weight is 492 g/mol. The predicted octanol–water partition coefficient (Wildman–Crippen LogP) is 6.34. The highest BCUT2D eigenvalue weighted by atomic mass is 19.4. The quantitative estimate of drug-likeness (QED) is 0.340. The molecule has 0 saturated carbocycles. The Labute approximate surface area is 206 Å². The van der Waals surface area contributed by atoms with Crippen molar-refractivity contribution in [3.8, 4) is 23.1 Å². The minimum Gasteiger partial charge on any atom is -0.488 e. The van der Waals surface area contributed by atoms with Crippen LogP contribution in [0, 0.1) is 18.3 Å². The van der Waals surface area contributed by atoms with Crippen molar-refractivity contribution >= 4 is 10.9 Å². The first-order chi connectivity index (χ1) is 17.0. The smallest absolute Gasteiger partial charge is 0.416 e. The molecule has 2 aromatic carbocycles. The van der Waals surface area contributed by atoms with E-state index in [-0.39, 0.29) is 29.1 Å². The van der Waals surface area contributed by atoms with Crippen LogP contribution < -0.4 is 4.74 Å². The molecule has 1 N–H and O–H groups in total. The molecule has 0 unspecified atom stereocenters. The van der Waals surface area contributed by atoms with Gasteiger partial charge in [-0.15, -0.1) is 0 Å². The number of halogens is 3. The summed E-state index contributed by atoms with van der Waals surface area (Å²) in [6.45, 7) is 4.59. The third kappa shape index (κ3) is 4.88. The third-order valence-corrected chi connectivity index (χ3v) is 6.10. The molecule has 2 aromatic heterocycles. The van der Waals surface area contributed by atoms with Crippen molar-refractivity contribution < 1.29 is 23.0 Å². The summed E-state index contributed by atoms with van der Waals surface area (Å²) in [5.74, 6) is 0.302. The number of rotatable bonds is 6. The summed E-state index contributed by atoms with van der Waals surface area (Å²) in [4.78, 5) is 8.68. The third-order valence-electron chi connectivity index (χ3n) is 6.10. The van der Waals surface area contributed by atoms with Gasteiger partial charge in [0.05, 0.1) is 28.8 Å². The fourth-order valence-electron chi connectivity index (χ4n) is 4.08. The summed E-state index contributed by atoms with van der Waals surface area (Å²) in [6.07, 6.45) is -3.20. The minimum atomic E-state index is -4.63. The van der Waals surface area contributed by atoms with Crippen molar-refractivity contribution in [2.75, 3.05) is 6.61 Å². The first-order valence-electron chi connectivity index (χ1n) is 11.3. The predicted molar refractivity (Wildman–Crippen MR) is 130 cm³/mol. The van der Waals surface area contributed by atoms with Crippen LogP contribution >= 0.6 is 0 Å². The van der Waals surface area contributed by atoms with Gasteiger partial charge in [0.25, 0.3) is 0 Å². The zero-order valence-electron chi connectivity index (χ0n) is 20.0. The van der Waals surface area contributed by atoms with Gasteiger partial charge in [0, 0.05) is 23.2 Å². The summed E-state index contributed by atoms with van der Waals surface area (Å²) in [5, 5.41) is 19.7. The van der Waals surface area contributed by atoms with E-state index < -0.39 is 23.8 Å². The van der Waals surface area contributed by atoms with Crippen LogP contribution in [0.1, 0.15) is 41.8 Å². The summed E-state index contributed by atoms with van der Waals surface area (Å²) in [7, 11) is 0. The topological polar surface area (TPSA) is 79.0 Å². The SMILES string of the molecule is Cc1cc(C(C)(C)CO)c(C(F)(F)F)cc1-c1cc(OCc2ccccc2)c2c(C#N)nccc2n1. The summed E-state index contributed by atoms with van der Waals surface area (Å²) < 4.78 is 48.4. The Hall–Kier alpha value is -3.96. The molecule has 0 bridgehead atoms. The Kier molecular flexibility index (Phi) is 6.70. The Bertz CT molecular complexity index is 1460. The molecule has 184 valence electrons. The standard InChI is InChI=1S/C28H24F3N3O2/c1-17-11-20(27(2,3)16-35)21(28(29,30)31)12-19(17)23-13-25(36-15-18-7-5-4-6-8-18)26-22(34-23)9-10-33-24(26)14-32/h4-13,35H,15-16H2,1-3H3. The van der Waals surface area contributed by atoms with Crippen molar-refractivity contribution in [2.45, 2.75) is 39.0 Å². The van der Waals surface area contributed by atoms with Crippen LogP contribution in [0.15, 0.2) is 60.8 Å². The van der Waals surface area contributed by atoms with Crippen molar-refractivity contribution in [2.24, 2.45) is 0 Å². The zero-order chi connectivity index (χ0) is 26.1. The van der Waals surface area contributed by atoms with Crippen molar-refractivity contribution in [3.05, 3.63) is 88.7 Å². The lowest BCUT2D eigenvalue weighted by molar-refractivity contribution is -0.138. The van der Waals surface area contributed by atoms with Gasteiger partial charge < -0.3 is 9.84 Å². The molecule has 0 radical (unpaired) electrons. The summed E-state index contributed by atoms with van der Waals surface area (Å²) >= 11 is 0. The van der Waals surface area contributed by atoms with E-state index in [1.165, 1.54) is 12.3 Å². The lowest BCUT2D eigenvalue weighted by Crippen LogP contribution is -2.27. The lowest BCUT2D eigenvalue weighted by Gasteiger charge is -2.28. The fraction of sp³-hybridized carbons (Fsp3) is 0.250. The average Bonchev–Trinajstić information content (AvgIpc) is 2.86. The summed E-state index contributed by atoms with van der Waals surface area (Å²) in [6, 6.07) is 17.1. The van der Waals surface area contributed by atoms with Gasteiger partial charge in [0.2, 0.25) is 0 Å². The largest absolute Gasteiger partial charge is 0.488 e. The molecule has 5 nitrogen and oxygen atoms in total. The first-order valence-corrected chi connectivity index (χ1v) is 11.3. The van der Waals surface area contributed by atoms with E-state index in [1.54, 1.807) is 32.9 Å². The molecule has 0 atom stereocenters. The molecule has 0 spiro atoms. The van der Waals surface area contributed by atoms with E-state index >= 15 is 0 Å². The van der Waals surface area contributed by atoms with Gasteiger partial charge in [0.1, 0.15) is 18.4 Å². The van der Waals surface area contributed by atoms with Crippen LogP contribution in [-0.4, -0.2) is 21.7 Å². The maximum absolute atomic E-state index is 14.1. The molecule has 0 saturated heterocycles. The lowest BCUT2D eigenvalue weighted by atomic mass is 9.80. The van der Waals surface area contributed by atoms with E-state index in [0.29, 0.717) is 22.2 Å². The molecule has 0 aliphatic heterocycles. The van der Waals surface area contributed by atoms with Crippen LogP contribution in [0.4, 0.5) is 13.2 Å². The van der Waals surface area contributed by atoms with Gasteiger partial charge in [-0.3, -0.25) is 0 Å². The van der Waals surface area contributed by atoms with E-state index in [0.717, 1.165) is 11.6 Å². The molecule has 4 aromatic rings. The van der Waals surface area contributed by atoms with Gasteiger partial charge in [-0.05, 0) is 35.7 Å². The van der Waals surface area contributed by atoms with Gasteiger partial charge >= 0.3 is 6.18 Å². The number of pyridine rings is 2. The Morgan fingerprint density at radius 1 is 1.03 bits per heavy atom. The van der Waals surface area contributed by atoms with Crippen LogP contribution in [0.25, 0.3) is 22.2 Å². The number of nitrogens with zero attached hydrogens (tertiary/aromatic N) is 3. The second-order valence-corrected chi connectivity index (χ2v) is 9.20. The molecule has 0 amide bonds. The number of nitriles is 1. The van der Waals surface area contributed by atoms with Crippen LogP contribution in [-0.2, 0) is 18.2 Å². The molecular formula is C28H24F3N3O2. The number of benzene rings is 2. The molecule has 2 heterocycles. The maximum Gasteiger partial charge on any atom is 0.416 e. The second kappa shape index (κ2) is 9.59. The highest BCUT2D eigenvalue weighted by Crippen LogP contribution is 2.42. The van der Waals surface area contributed by atoms with E-state index in [9.17, 15) is 23.5 Å². The highest BCUT2D eigenvalue weighted by Gasteiger charge is 2.38. The number of hydrogen-bond donors (Lipinski definition) is 1. The number of hydrogen-bond acceptors (Lipinski definition) is 5. The molecule has 8 heteroatoms. The molecule has 0 aliphatic carbocycles.